The number of aliphatic hydroxyl groups excluding tert-OH is 1. The summed E-state index contributed by atoms with van der Waals surface area (Å²) in [5.74, 6) is 1.49. The maximum absolute atomic E-state index is 11.2. The van der Waals surface area contributed by atoms with Gasteiger partial charge in [0, 0.05) is 0 Å². The zero-order valence-corrected chi connectivity index (χ0v) is 16.7. The number of hydrogen-bond acceptors (Lipinski definition) is 2. The van der Waals surface area contributed by atoms with E-state index < -0.39 is 6.10 Å². The van der Waals surface area contributed by atoms with Gasteiger partial charge in [0.05, 0.1) is 38.3 Å². The first-order chi connectivity index (χ1) is 13.1. The Balaban J connectivity index is 1.74. The molecular weight excluding hydrogens is 334 g/mol. The van der Waals surface area contributed by atoms with Gasteiger partial charge in [-0.1, -0.05) is 56.3 Å². The molecule has 1 heterocycles. The van der Waals surface area contributed by atoms with Crippen LogP contribution < -0.4 is 9.64 Å². The Bertz CT molecular complexity index is 663. The minimum Gasteiger partial charge on any atom is -0.493 e. The van der Waals surface area contributed by atoms with Crippen molar-refractivity contribution < 1.29 is 14.7 Å². The molecule has 1 fully saturated rings. The lowest BCUT2D eigenvalue weighted by molar-refractivity contribution is -0.906. The first-order valence-corrected chi connectivity index (χ1v) is 10.4. The highest BCUT2D eigenvalue weighted by Gasteiger charge is 2.28. The van der Waals surface area contributed by atoms with Gasteiger partial charge in [-0.2, -0.15) is 0 Å². The summed E-state index contributed by atoms with van der Waals surface area (Å²) in [4.78, 5) is 1.62. The fraction of sp³-hybridized carbons (Fsp3) is 0.500. The highest BCUT2D eigenvalue weighted by Crippen LogP contribution is 2.31. The van der Waals surface area contributed by atoms with Gasteiger partial charge < -0.3 is 14.7 Å². The quantitative estimate of drug-likeness (QED) is 0.746. The van der Waals surface area contributed by atoms with E-state index in [2.05, 4.69) is 38.1 Å². The van der Waals surface area contributed by atoms with Crippen LogP contribution in [0.2, 0.25) is 0 Å². The Morgan fingerprint density at radius 1 is 0.889 bits per heavy atom. The Morgan fingerprint density at radius 2 is 1.56 bits per heavy atom. The predicted octanol–water partition coefficient (Wildman–Crippen LogP) is 3.61. The molecule has 2 atom stereocenters. The SMILES string of the molecule is CC(C)COc1ccc([C@H](O)[C@@H](C[NH+]2CCCCC2)c2ccccc2)cc1. The van der Waals surface area contributed by atoms with E-state index in [1.165, 1.54) is 37.9 Å². The van der Waals surface area contributed by atoms with Gasteiger partial charge in [0.2, 0.25) is 0 Å². The van der Waals surface area contributed by atoms with Crippen LogP contribution in [0.5, 0.6) is 5.75 Å². The summed E-state index contributed by atoms with van der Waals surface area (Å²) in [5.41, 5.74) is 2.19. The first-order valence-electron chi connectivity index (χ1n) is 10.4. The van der Waals surface area contributed by atoms with E-state index in [1.807, 2.05) is 30.3 Å². The summed E-state index contributed by atoms with van der Waals surface area (Å²) in [7, 11) is 0. The third-order valence-electron chi connectivity index (χ3n) is 5.48. The molecule has 0 radical (unpaired) electrons. The van der Waals surface area contributed by atoms with Crippen molar-refractivity contribution in [1.29, 1.82) is 0 Å². The molecule has 3 heteroatoms. The second-order valence-electron chi connectivity index (χ2n) is 8.25. The van der Waals surface area contributed by atoms with Gasteiger partial charge in [-0.3, -0.25) is 0 Å². The number of rotatable bonds is 8. The van der Waals surface area contributed by atoms with E-state index in [4.69, 9.17) is 4.74 Å². The normalized spacial score (nSPS) is 17.6. The molecule has 3 rings (SSSR count). The fourth-order valence-corrected chi connectivity index (χ4v) is 3.94. The van der Waals surface area contributed by atoms with Crippen LogP contribution in [-0.4, -0.2) is 31.3 Å². The maximum atomic E-state index is 11.2. The summed E-state index contributed by atoms with van der Waals surface area (Å²) in [6.07, 6.45) is 3.45. The number of hydrogen-bond donors (Lipinski definition) is 2. The molecule has 1 saturated heterocycles. The van der Waals surface area contributed by atoms with Crippen molar-refractivity contribution >= 4 is 0 Å². The molecule has 146 valence electrons. The second kappa shape index (κ2) is 9.91. The lowest BCUT2D eigenvalue weighted by atomic mass is 9.88. The van der Waals surface area contributed by atoms with Crippen LogP contribution in [0.3, 0.4) is 0 Å². The van der Waals surface area contributed by atoms with Crippen molar-refractivity contribution in [2.45, 2.75) is 45.1 Å². The number of nitrogens with one attached hydrogen (secondary N) is 1. The van der Waals surface area contributed by atoms with Gasteiger partial charge in [-0.05, 0) is 48.4 Å². The Morgan fingerprint density at radius 3 is 2.19 bits per heavy atom. The van der Waals surface area contributed by atoms with Gasteiger partial charge in [0.15, 0.2) is 0 Å². The van der Waals surface area contributed by atoms with Crippen LogP contribution in [-0.2, 0) is 0 Å². The average molecular weight is 369 g/mol. The van der Waals surface area contributed by atoms with Gasteiger partial charge in [0.25, 0.3) is 0 Å². The molecule has 2 aromatic carbocycles. The molecule has 0 aromatic heterocycles. The van der Waals surface area contributed by atoms with E-state index >= 15 is 0 Å². The Hall–Kier alpha value is -1.84. The largest absolute Gasteiger partial charge is 0.493 e. The summed E-state index contributed by atoms with van der Waals surface area (Å²) in [5, 5.41) is 11.2. The fourth-order valence-electron chi connectivity index (χ4n) is 3.94. The number of benzene rings is 2. The third-order valence-corrected chi connectivity index (χ3v) is 5.48. The summed E-state index contributed by atoms with van der Waals surface area (Å²) in [6, 6.07) is 18.5. The molecule has 0 amide bonds. The Labute approximate surface area is 164 Å². The van der Waals surface area contributed by atoms with Crippen LogP contribution in [0.4, 0.5) is 0 Å². The molecule has 0 spiro atoms. The minimum atomic E-state index is -0.499. The number of aliphatic hydroxyl groups is 1. The zero-order chi connectivity index (χ0) is 19.1. The summed E-state index contributed by atoms with van der Waals surface area (Å²) < 4.78 is 5.78. The van der Waals surface area contributed by atoms with Crippen LogP contribution in [0.25, 0.3) is 0 Å². The van der Waals surface area contributed by atoms with Gasteiger partial charge >= 0.3 is 0 Å². The zero-order valence-electron chi connectivity index (χ0n) is 16.7. The minimum absolute atomic E-state index is 0.113. The molecule has 0 saturated carbocycles. The van der Waals surface area contributed by atoms with E-state index in [-0.39, 0.29) is 5.92 Å². The average Bonchev–Trinajstić information content (AvgIpc) is 2.72. The van der Waals surface area contributed by atoms with Crippen molar-refractivity contribution in [2.24, 2.45) is 5.92 Å². The van der Waals surface area contributed by atoms with E-state index in [0.717, 1.165) is 17.9 Å². The molecule has 0 unspecified atom stereocenters. The number of likely N-dealkylation sites (tertiary alicyclic amines) is 1. The summed E-state index contributed by atoms with van der Waals surface area (Å²) in [6.45, 7) is 8.43. The molecule has 2 aromatic rings. The summed E-state index contributed by atoms with van der Waals surface area (Å²) >= 11 is 0. The van der Waals surface area contributed by atoms with Gasteiger partial charge in [-0.15, -0.1) is 0 Å². The highest BCUT2D eigenvalue weighted by molar-refractivity contribution is 5.31. The lowest BCUT2D eigenvalue weighted by Crippen LogP contribution is -3.13. The maximum Gasteiger partial charge on any atom is 0.119 e. The smallest absolute Gasteiger partial charge is 0.119 e. The Kier molecular flexibility index (Phi) is 7.31. The molecular formula is C24H34NO2+. The first kappa shape index (κ1) is 19.9. The number of quaternary nitrogens is 1. The van der Waals surface area contributed by atoms with Crippen LogP contribution in [0, 0.1) is 5.92 Å². The van der Waals surface area contributed by atoms with Gasteiger partial charge in [0.1, 0.15) is 5.75 Å². The molecule has 1 aliphatic heterocycles. The standard InChI is InChI=1S/C24H33NO2/c1-19(2)18-27-22-13-11-21(12-14-22)24(26)23(20-9-5-3-6-10-20)17-25-15-7-4-8-16-25/h3,5-6,9-14,19,23-24,26H,4,7-8,15-18H2,1-2H3/p+1/t23-,24-/m0/s1. The number of piperidine rings is 1. The van der Waals surface area contributed by atoms with Gasteiger partial charge in [-0.25, -0.2) is 0 Å². The number of ether oxygens (including phenoxy) is 1. The van der Waals surface area contributed by atoms with E-state index in [1.54, 1.807) is 4.90 Å². The van der Waals surface area contributed by atoms with Crippen molar-refractivity contribution in [3.63, 3.8) is 0 Å². The van der Waals surface area contributed by atoms with E-state index in [9.17, 15) is 5.11 Å². The van der Waals surface area contributed by atoms with E-state index in [0.29, 0.717) is 12.5 Å². The molecule has 27 heavy (non-hydrogen) atoms. The topological polar surface area (TPSA) is 33.9 Å². The monoisotopic (exact) mass is 368 g/mol. The molecule has 3 nitrogen and oxygen atoms in total. The second-order valence-corrected chi connectivity index (χ2v) is 8.25. The van der Waals surface area contributed by atoms with Crippen molar-refractivity contribution in [3.8, 4) is 5.75 Å². The van der Waals surface area contributed by atoms with Crippen LogP contribution in [0.1, 0.15) is 56.3 Å². The van der Waals surface area contributed by atoms with Crippen molar-refractivity contribution in [1.82, 2.24) is 0 Å². The molecule has 2 N–H and O–H groups in total. The molecule has 0 bridgehead atoms. The third kappa shape index (κ3) is 5.82. The van der Waals surface area contributed by atoms with Crippen molar-refractivity contribution in [3.05, 3.63) is 65.7 Å². The lowest BCUT2D eigenvalue weighted by Gasteiger charge is -2.30. The predicted molar refractivity (Wildman–Crippen MR) is 110 cm³/mol. The highest BCUT2D eigenvalue weighted by atomic mass is 16.5. The van der Waals surface area contributed by atoms with Crippen LogP contribution >= 0.6 is 0 Å². The molecule has 0 aliphatic carbocycles. The van der Waals surface area contributed by atoms with Crippen molar-refractivity contribution in [2.75, 3.05) is 26.2 Å². The molecule has 1 aliphatic rings. The van der Waals surface area contributed by atoms with Crippen LogP contribution in [0.15, 0.2) is 54.6 Å².